The third-order valence-corrected chi connectivity index (χ3v) is 5.65. The molecule has 0 aromatic carbocycles. The van der Waals surface area contributed by atoms with Gasteiger partial charge in [-0.2, -0.15) is 23.5 Å². The number of esters is 2. The molecule has 0 bridgehead atoms. The number of carbonyl (C=O) groups excluding carboxylic acids is 2. The summed E-state index contributed by atoms with van der Waals surface area (Å²) in [5.41, 5.74) is 10.8. The maximum Gasteiger partial charge on any atom is 0.347 e. The minimum Gasteiger partial charge on any atom is -0.463 e. The standard InChI is InChI=1S/C18H36N2O5S2/c1-14(2)13-16(18(23)24-8-4-10-27-12-7-20)25-17(22)15(21)5-3-9-26-11-6-19/h14-16,21H,3-13,19-20H2,1-2H3/t15-,16-/m0/s1. The molecule has 0 saturated heterocycles. The molecule has 27 heavy (non-hydrogen) atoms. The lowest BCUT2D eigenvalue weighted by Crippen LogP contribution is -2.35. The van der Waals surface area contributed by atoms with E-state index in [4.69, 9.17) is 20.9 Å². The summed E-state index contributed by atoms with van der Waals surface area (Å²) in [5.74, 6) is 2.26. The van der Waals surface area contributed by atoms with Gasteiger partial charge in [0.05, 0.1) is 6.61 Å². The molecule has 0 radical (unpaired) electrons. The molecule has 7 nitrogen and oxygen atoms in total. The second kappa shape index (κ2) is 17.6. The van der Waals surface area contributed by atoms with Crippen LogP contribution in [0.3, 0.4) is 0 Å². The number of thioether (sulfide) groups is 2. The molecule has 0 heterocycles. The van der Waals surface area contributed by atoms with Gasteiger partial charge in [-0.15, -0.1) is 0 Å². The first kappa shape index (κ1) is 26.5. The van der Waals surface area contributed by atoms with Crippen LogP contribution < -0.4 is 11.5 Å². The molecule has 5 N–H and O–H groups in total. The Morgan fingerprint density at radius 1 is 0.963 bits per heavy atom. The molecule has 0 unspecified atom stereocenters. The van der Waals surface area contributed by atoms with Crippen molar-refractivity contribution in [3.05, 3.63) is 0 Å². The fraction of sp³-hybridized carbons (Fsp3) is 0.889. The van der Waals surface area contributed by atoms with Gasteiger partial charge in [0.15, 0.2) is 12.2 Å². The Kier molecular flexibility index (Phi) is 17.3. The number of hydrogen-bond donors (Lipinski definition) is 3. The van der Waals surface area contributed by atoms with E-state index in [2.05, 4.69) is 0 Å². The van der Waals surface area contributed by atoms with Crippen molar-refractivity contribution in [2.24, 2.45) is 17.4 Å². The monoisotopic (exact) mass is 424 g/mol. The van der Waals surface area contributed by atoms with Gasteiger partial charge in [-0.1, -0.05) is 13.8 Å². The Morgan fingerprint density at radius 2 is 1.56 bits per heavy atom. The van der Waals surface area contributed by atoms with Gasteiger partial charge < -0.3 is 26.0 Å². The first-order chi connectivity index (χ1) is 12.9. The Bertz CT molecular complexity index is 400. The number of hydrogen-bond acceptors (Lipinski definition) is 9. The molecule has 0 aliphatic rings. The first-order valence-corrected chi connectivity index (χ1v) is 11.8. The van der Waals surface area contributed by atoms with E-state index < -0.39 is 24.1 Å². The molecule has 0 aliphatic heterocycles. The predicted octanol–water partition coefficient (Wildman–Crippen LogP) is 1.40. The highest BCUT2D eigenvalue weighted by Crippen LogP contribution is 2.14. The Hall–Kier alpha value is -0.480. The van der Waals surface area contributed by atoms with E-state index in [1.54, 1.807) is 23.5 Å². The molecular weight excluding hydrogens is 388 g/mol. The predicted molar refractivity (Wildman–Crippen MR) is 113 cm³/mol. The summed E-state index contributed by atoms with van der Waals surface area (Å²) < 4.78 is 10.5. The van der Waals surface area contributed by atoms with E-state index in [1.165, 1.54) is 0 Å². The largest absolute Gasteiger partial charge is 0.463 e. The topological polar surface area (TPSA) is 125 Å². The lowest BCUT2D eigenvalue weighted by Gasteiger charge is -2.20. The van der Waals surface area contributed by atoms with Gasteiger partial charge in [0.25, 0.3) is 0 Å². The fourth-order valence-corrected chi connectivity index (χ4v) is 3.57. The van der Waals surface area contributed by atoms with Crippen LogP contribution in [0.2, 0.25) is 0 Å². The molecule has 0 fully saturated rings. The molecule has 160 valence electrons. The Labute approximate surface area is 171 Å². The second-order valence-corrected chi connectivity index (χ2v) is 8.99. The van der Waals surface area contributed by atoms with Gasteiger partial charge in [-0.05, 0) is 43.1 Å². The molecule has 2 atom stereocenters. The number of aliphatic hydroxyl groups excluding tert-OH is 1. The van der Waals surface area contributed by atoms with Gasteiger partial charge in [0.1, 0.15) is 0 Å². The zero-order chi connectivity index (χ0) is 20.5. The van der Waals surface area contributed by atoms with Crippen LogP contribution in [-0.2, 0) is 19.1 Å². The Balaban J connectivity index is 4.28. The number of nitrogens with two attached hydrogens (primary N) is 2. The summed E-state index contributed by atoms with van der Waals surface area (Å²) in [6.07, 6.45) is -0.124. The maximum absolute atomic E-state index is 12.2. The summed E-state index contributed by atoms with van der Waals surface area (Å²) in [5, 5.41) is 9.96. The van der Waals surface area contributed by atoms with Crippen molar-refractivity contribution in [3.63, 3.8) is 0 Å². The van der Waals surface area contributed by atoms with Crippen molar-refractivity contribution in [3.8, 4) is 0 Å². The van der Waals surface area contributed by atoms with Gasteiger partial charge >= 0.3 is 11.9 Å². The van der Waals surface area contributed by atoms with Gasteiger partial charge in [0.2, 0.25) is 0 Å². The van der Waals surface area contributed by atoms with Crippen LogP contribution in [-0.4, -0.2) is 72.0 Å². The number of rotatable bonds is 17. The summed E-state index contributed by atoms with van der Waals surface area (Å²) >= 11 is 3.39. The van der Waals surface area contributed by atoms with E-state index in [9.17, 15) is 14.7 Å². The van der Waals surface area contributed by atoms with Crippen LogP contribution in [0.5, 0.6) is 0 Å². The molecule has 0 aromatic rings. The molecule has 0 spiro atoms. The zero-order valence-corrected chi connectivity index (χ0v) is 18.2. The normalized spacial score (nSPS) is 13.4. The smallest absolute Gasteiger partial charge is 0.347 e. The highest BCUT2D eigenvalue weighted by Gasteiger charge is 2.28. The molecule has 0 saturated carbocycles. The number of aliphatic hydroxyl groups is 1. The number of ether oxygens (including phenoxy) is 2. The van der Waals surface area contributed by atoms with Crippen molar-refractivity contribution in [1.29, 1.82) is 0 Å². The van der Waals surface area contributed by atoms with Gasteiger partial charge in [-0.25, -0.2) is 9.59 Å². The Morgan fingerprint density at radius 3 is 2.11 bits per heavy atom. The minimum atomic E-state index is -1.22. The van der Waals surface area contributed by atoms with E-state index >= 15 is 0 Å². The molecular formula is C18H36N2O5S2. The van der Waals surface area contributed by atoms with Crippen molar-refractivity contribution in [2.75, 3.05) is 42.7 Å². The van der Waals surface area contributed by atoms with Crippen LogP contribution in [0, 0.1) is 5.92 Å². The van der Waals surface area contributed by atoms with Crippen LogP contribution in [0.25, 0.3) is 0 Å². The van der Waals surface area contributed by atoms with Crippen LogP contribution in [0.15, 0.2) is 0 Å². The van der Waals surface area contributed by atoms with Gasteiger partial charge in [0, 0.05) is 24.6 Å². The van der Waals surface area contributed by atoms with E-state index in [0.29, 0.717) is 32.4 Å². The highest BCUT2D eigenvalue weighted by atomic mass is 32.2. The minimum absolute atomic E-state index is 0.153. The molecule has 0 aliphatic carbocycles. The summed E-state index contributed by atoms with van der Waals surface area (Å²) in [4.78, 5) is 24.3. The maximum atomic E-state index is 12.2. The summed E-state index contributed by atoms with van der Waals surface area (Å²) in [6.45, 7) is 5.39. The molecule has 0 rings (SSSR count). The van der Waals surface area contributed by atoms with Crippen LogP contribution >= 0.6 is 23.5 Å². The van der Waals surface area contributed by atoms with Crippen molar-refractivity contribution < 1.29 is 24.2 Å². The average molecular weight is 425 g/mol. The van der Waals surface area contributed by atoms with Crippen LogP contribution in [0.1, 0.15) is 39.5 Å². The van der Waals surface area contributed by atoms with Crippen molar-refractivity contribution in [1.82, 2.24) is 0 Å². The quantitative estimate of drug-likeness (QED) is 0.235. The first-order valence-electron chi connectivity index (χ1n) is 9.53. The second-order valence-electron chi connectivity index (χ2n) is 6.54. The van der Waals surface area contributed by atoms with Crippen molar-refractivity contribution in [2.45, 2.75) is 51.7 Å². The third kappa shape index (κ3) is 15.2. The molecule has 0 aromatic heterocycles. The third-order valence-electron chi connectivity index (χ3n) is 3.45. The van der Waals surface area contributed by atoms with E-state index in [0.717, 1.165) is 29.4 Å². The van der Waals surface area contributed by atoms with Crippen LogP contribution in [0.4, 0.5) is 0 Å². The summed E-state index contributed by atoms with van der Waals surface area (Å²) in [7, 11) is 0. The van der Waals surface area contributed by atoms with Crippen molar-refractivity contribution >= 4 is 35.5 Å². The highest BCUT2D eigenvalue weighted by molar-refractivity contribution is 7.99. The lowest BCUT2D eigenvalue weighted by molar-refractivity contribution is -0.174. The molecule has 0 amide bonds. The zero-order valence-electron chi connectivity index (χ0n) is 16.6. The van der Waals surface area contributed by atoms with E-state index in [-0.39, 0.29) is 12.5 Å². The number of carbonyl (C=O) groups is 2. The average Bonchev–Trinajstić information content (AvgIpc) is 2.63. The van der Waals surface area contributed by atoms with Gasteiger partial charge in [-0.3, -0.25) is 0 Å². The van der Waals surface area contributed by atoms with E-state index in [1.807, 2.05) is 13.8 Å². The molecule has 9 heteroatoms. The summed E-state index contributed by atoms with van der Waals surface area (Å²) in [6, 6.07) is 0. The SMILES string of the molecule is CC(C)C[C@H](OC(=O)[C@@H](O)CCCSCCN)C(=O)OCCCSCCN. The lowest BCUT2D eigenvalue weighted by atomic mass is 10.1. The fourth-order valence-electron chi connectivity index (χ4n) is 2.13.